The maximum absolute atomic E-state index is 12.4. The van der Waals surface area contributed by atoms with E-state index >= 15 is 0 Å². The number of hydrogen-bond donors (Lipinski definition) is 1. The standard InChI is InChI=1S/C9H9ClF3NO4S2/c1-5-2-7(19-8(5)10)20(17,18)14(3-6(15)16)4-9(11,12)13/h2H,3-4H2,1H3,(H,15,16). The number of aryl methyl sites for hydroxylation is 1. The zero-order valence-corrected chi connectivity index (χ0v) is 12.3. The number of sulfonamides is 1. The van der Waals surface area contributed by atoms with Crippen LogP contribution >= 0.6 is 22.9 Å². The molecule has 0 spiro atoms. The van der Waals surface area contributed by atoms with Crippen molar-refractivity contribution in [1.29, 1.82) is 0 Å². The van der Waals surface area contributed by atoms with E-state index in [9.17, 15) is 26.4 Å². The predicted octanol–water partition coefficient (Wildman–Crippen LogP) is 2.35. The van der Waals surface area contributed by atoms with E-state index in [4.69, 9.17) is 16.7 Å². The van der Waals surface area contributed by atoms with Crippen LogP contribution in [0.2, 0.25) is 4.34 Å². The summed E-state index contributed by atoms with van der Waals surface area (Å²) in [5.41, 5.74) is 0.387. The van der Waals surface area contributed by atoms with Crippen LogP contribution in [0, 0.1) is 6.92 Å². The summed E-state index contributed by atoms with van der Waals surface area (Å²) in [5, 5.41) is 8.55. The van der Waals surface area contributed by atoms with Crippen LogP contribution in [-0.4, -0.2) is 43.1 Å². The van der Waals surface area contributed by atoms with E-state index in [0.29, 0.717) is 16.9 Å². The van der Waals surface area contributed by atoms with Crippen molar-refractivity contribution in [2.24, 2.45) is 0 Å². The molecule has 0 saturated heterocycles. The smallest absolute Gasteiger partial charge is 0.402 e. The molecule has 0 aromatic carbocycles. The van der Waals surface area contributed by atoms with Crippen LogP contribution in [0.1, 0.15) is 5.56 Å². The third kappa shape index (κ3) is 4.33. The molecular weight excluding hydrogens is 343 g/mol. The first-order chi connectivity index (χ1) is 8.93. The van der Waals surface area contributed by atoms with Crippen LogP contribution in [0.4, 0.5) is 13.2 Å². The lowest BCUT2D eigenvalue weighted by molar-refractivity contribution is -0.145. The summed E-state index contributed by atoms with van der Waals surface area (Å²) in [6.07, 6.45) is -4.85. The van der Waals surface area contributed by atoms with E-state index in [0.717, 1.165) is 6.07 Å². The highest BCUT2D eigenvalue weighted by molar-refractivity contribution is 7.91. The molecule has 0 atom stereocenters. The van der Waals surface area contributed by atoms with Gasteiger partial charge in [-0.2, -0.15) is 17.5 Å². The van der Waals surface area contributed by atoms with Gasteiger partial charge < -0.3 is 5.11 Å². The minimum atomic E-state index is -4.85. The Morgan fingerprint density at radius 3 is 2.40 bits per heavy atom. The predicted molar refractivity (Wildman–Crippen MR) is 66.5 cm³/mol. The van der Waals surface area contributed by atoms with Gasteiger partial charge in [-0.3, -0.25) is 4.79 Å². The molecule has 0 bridgehead atoms. The molecule has 5 nitrogen and oxygen atoms in total. The normalized spacial score (nSPS) is 12.9. The Kier molecular flexibility index (Phi) is 5.06. The first-order valence-corrected chi connectivity index (χ1v) is 7.61. The van der Waals surface area contributed by atoms with E-state index in [1.54, 1.807) is 0 Å². The van der Waals surface area contributed by atoms with Crippen LogP contribution in [0.15, 0.2) is 10.3 Å². The fourth-order valence-corrected chi connectivity index (χ4v) is 4.50. The van der Waals surface area contributed by atoms with Crippen molar-refractivity contribution in [2.75, 3.05) is 13.1 Å². The lowest BCUT2D eigenvalue weighted by Crippen LogP contribution is -2.41. The van der Waals surface area contributed by atoms with E-state index in [2.05, 4.69) is 0 Å². The number of hydrogen-bond acceptors (Lipinski definition) is 4. The van der Waals surface area contributed by atoms with Gasteiger partial charge in [0, 0.05) is 0 Å². The molecule has 1 rings (SSSR count). The van der Waals surface area contributed by atoms with E-state index < -0.39 is 39.5 Å². The molecular formula is C9H9ClF3NO4S2. The van der Waals surface area contributed by atoms with Gasteiger partial charge in [-0.1, -0.05) is 11.6 Å². The first-order valence-electron chi connectivity index (χ1n) is 4.98. The van der Waals surface area contributed by atoms with Crippen molar-refractivity contribution in [2.45, 2.75) is 17.3 Å². The van der Waals surface area contributed by atoms with Gasteiger partial charge in [0.15, 0.2) is 0 Å². The molecule has 1 N–H and O–H groups in total. The van der Waals surface area contributed by atoms with Crippen molar-refractivity contribution in [3.05, 3.63) is 16.0 Å². The number of nitrogens with zero attached hydrogens (tertiary/aromatic N) is 1. The molecule has 114 valence electrons. The van der Waals surface area contributed by atoms with Crippen LogP contribution in [0.5, 0.6) is 0 Å². The Bertz CT molecular complexity index is 592. The molecule has 0 fully saturated rings. The van der Waals surface area contributed by atoms with Crippen LogP contribution in [-0.2, 0) is 14.8 Å². The summed E-state index contributed by atoms with van der Waals surface area (Å²) >= 11 is 6.25. The number of carbonyl (C=O) groups is 1. The number of thiophene rings is 1. The second kappa shape index (κ2) is 5.88. The van der Waals surface area contributed by atoms with Gasteiger partial charge in [0.05, 0.1) is 4.34 Å². The van der Waals surface area contributed by atoms with Gasteiger partial charge in [0.1, 0.15) is 17.3 Å². The largest absolute Gasteiger partial charge is 0.480 e. The average Bonchev–Trinajstić information content (AvgIpc) is 2.56. The van der Waals surface area contributed by atoms with Gasteiger partial charge in [0.25, 0.3) is 10.0 Å². The van der Waals surface area contributed by atoms with Crippen molar-refractivity contribution in [3.63, 3.8) is 0 Å². The number of aliphatic carboxylic acids is 1. The average molecular weight is 352 g/mol. The molecule has 0 radical (unpaired) electrons. The van der Waals surface area contributed by atoms with Gasteiger partial charge >= 0.3 is 12.1 Å². The highest BCUT2D eigenvalue weighted by Gasteiger charge is 2.38. The Balaban J connectivity index is 3.20. The Hall–Kier alpha value is -0.840. The zero-order chi connectivity index (χ0) is 15.7. The number of carboxylic acids is 1. The molecule has 0 saturated carbocycles. The molecule has 0 aliphatic carbocycles. The van der Waals surface area contributed by atoms with Crippen molar-refractivity contribution in [1.82, 2.24) is 4.31 Å². The monoisotopic (exact) mass is 351 g/mol. The van der Waals surface area contributed by atoms with Crippen molar-refractivity contribution < 1.29 is 31.5 Å². The number of carboxylic acid groups (broad SMARTS) is 1. The molecule has 1 heterocycles. The molecule has 0 unspecified atom stereocenters. The molecule has 11 heteroatoms. The lowest BCUT2D eigenvalue weighted by Gasteiger charge is -2.20. The SMILES string of the molecule is Cc1cc(S(=O)(=O)N(CC(=O)O)CC(F)(F)F)sc1Cl. The van der Waals surface area contributed by atoms with E-state index in [1.165, 1.54) is 6.92 Å². The maximum atomic E-state index is 12.4. The summed E-state index contributed by atoms with van der Waals surface area (Å²) in [6, 6.07) is 1.10. The zero-order valence-electron chi connectivity index (χ0n) is 9.94. The Morgan fingerprint density at radius 2 is 2.05 bits per heavy atom. The Morgan fingerprint density at radius 1 is 1.50 bits per heavy atom. The minimum Gasteiger partial charge on any atom is -0.480 e. The van der Waals surface area contributed by atoms with Crippen LogP contribution in [0.3, 0.4) is 0 Å². The van der Waals surface area contributed by atoms with Crippen molar-refractivity contribution in [3.8, 4) is 0 Å². The summed E-state index contributed by atoms with van der Waals surface area (Å²) in [7, 11) is -4.56. The highest BCUT2D eigenvalue weighted by Crippen LogP contribution is 2.33. The summed E-state index contributed by atoms with van der Waals surface area (Å²) in [5.74, 6) is -1.68. The highest BCUT2D eigenvalue weighted by atomic mass is 35.5. The summed E-state index contributed by atoms with van der Waals surface area (Å²) in [4.78, 5) is 10.5. The Labute approximate surface area is 121 Å². The number of alkyl halides is 3. The minimum absolute atomic E-state index is 0.117. The first kappa shape index (κ1) is 17.2. The second-order valence-electron chi connectivity index (χ2n) is 3.80. The third-order valence-electron chi connectivity index (χ3n) is 2.10. The number of halogens is 4. The molecule has 1 aromatic rings. The fraction of sp³-hybridized carbons (Fsp3) is 0.444. The lowest BCUT2D eigenvalue weighted by atomic mass is 10.4. The summed E-state index contributed by atoms with van der Waals surface area (Å²) in [6.45, 7) is -1.67. The maximum Gasteiger partial charge on any atom is 0.402 e. The third-order valence-corrected chi connectivity index (χ3v) is 5.89. The topological polar surface area (TPSA) is 74.7 Å². The number of rotatable bonds is 5. The molecule has 0 aliphatic rings. The van der Waals surface area contributed by atoms with E-state index in [1.807, 2.05) is 0 Å². The van der Waals surface area contributed by atoms with Crippen molar-refractivity contribution >= 4 is 38.9 Å². The quantitative estimate of drug-likeness (QED) is 0.883. The molecule has 0 amide bonds. The van der Waals surface area contributed by atoms with E-state index in [-0.39, 0.29) is 8.64 Å². The van der Waals surface area contributed by atoms with Gasteiger partial charge in [-0.15, -0.1) is 11.3 Å². The molecule has 20 heavy (non-hydrogen) atoms. The summed E-state index contributed by atoms with van der Waals surface area (Å²) < 4.78 is 60.7. The second-order valence-corrected chi connectivity index (χ2v) is 7.62. The van der Waals surface area contributed by atoms with Crippen LogP contribution < -0.4 is 0 Å². The molecule has 1 aromatic heterocycles. The van der Waals surface area contributed by atoms with Gasteiger partial charge in [0.2, 0.25) is 0 Å². The van der Waals surface area contributed by atoms with Gasteiger partial charge in [-0.05, 0) is 18.6 Å². The van der Waals surface area contributed by atoms with Crippen LogP contribution in [0.25, 0.3) is 0 Å². The van der Waals surface area contributed by atoms with Gasteiger partial charge in [-0.25, -0.2) is 8.42 Å². The fourth-order valence-electron chi connectivity index (χ4n) is 1.26. The molecule has 0 aliphatic heterocycles.